The van der Waals surface area contributed by atoms with E-state index in [0.717, 1.165) is 25.7 Å². The van der Waals surface area contributed by atoms with Crippen LogP contribution in [0.15, 0.2) is 12.2 Å². The lowest BCUT2D eigenvalue weighted by Gasteiger charge is -2.06. The Morgan fingerprint density at radius 1 is 0.586 bits per heavy atom. The first-order chi connectivity index (χ1) is 14.2. The van der Waals surface area contributed by atoms with Crippen LogP contribution in [0.5, 0.6) is 0 Å². The van der Waals surface area contributed by atoms with E-state index in [0.29, 0.717) is 38.9 Å². The van der Waals surface area contributed by atoms with E-state index < -0.39 is 0 Å². The number of esters is 2. The average Bonchev–Trinajstić information content (AvgIpc) is 2.72. The number of rotatable bonds is 21. The van der Waals surface area contributed by atoms with Gasteiger partial charge in [-0.2, -0.15) is 0 Å². The van der Waals surface area contributed by atoms with Gasteiger partial charge in [0.15, 0.2) is 0 Å². The maximum atomic E-state index is 11.7. The molecule has 0 fully saturated rings. The second-order valence-corrected chi connectivity index (χ2v) is 7.85. The standard InChI is InChI=1S/C25H46O4/c1-3-5-7-9-10-11-12-13-14-15-19-23-29-25(27)21-17-16-20-24(26)28-22-18-8-6-4-2/h6,8H,3-5,7,9-23H2,1-2H3/b8-6-. The molecule has 0 aliphatic carbocycles. The van der Waals surface area contributed by atoms with Gasteiger partial charge >= 0.3 is 11.9 Å². The Balaban J connectivity index is 3.30. The highest BCUT2D eigenvalue weighted by atomic mass is 16.5. The van der Waals surface area contributed by atoms with Crippen molar-refractivity contribution < 1.29 is 19.1 Å². The first-order valence-corrected chi connectivity index (χ1v) is 12.2. The molecule has 0 atom stereocenters. The Bertz CT molecular complexity index is 404. The maximum absolute atomic E-state index is 11.7. The van der Waals surface area contributed by atoms with Crippen LogP contribution in [0.3, 0.4) is 0 Å². The molecular formula is C25H46O4. The third-order valence-electron chi connectivity index (χ3n) is 4.97. The minimum absolute atomic E-state index is 0.143. The molecule has 0 aromatic carbocycles. The van der Waals surface area contributed by atoms with Crippen LogP contribution in [0.2, 0.25) is 0 Å². The summed E-state index contributed by atoms with van der Waals surface area (Å²) < 4.78 is 10.4. The van der Waals surface area contributed by atoms with Crippen LogP contribution < -0.4 is 0 Å². The zero-order valence-electron chi connectivity index (χ0n) is 19.2. The second kappa shape index (κ2) is 23.0. The van der Waals surface area contributed by atoms with Crippen molar-refractivity contribution in [3.63, 3.8) is 0 Å². The van der Waals surface area contributed by atoms with Crippen molar-refractivity contribution >= 4 is 11.9 Å². The monoisotopic (exact) mass is 410 g/mol. The van der Waals surface area contributed by atoms with Crippen molar-refractivity contribution in [3.05, 3.63) is 12.2 Å². The zero-order chi connectivity index (χ0) is 21.4. The van der Waals surface area contributed by atoms with Gasteiger partial charge in [-0.1, -0.05) is 90.2 Å². The Hall–Kier alpha value is -1.32. The molecule has 0 radical (unpaired) electrons. The van der Waals surface area contributed by atoms with Crippen LogP contribution >= 0.6 is 0 Å². The molecule has 170 valence electrons. The number of unbranched alkanes of at least 4 members (excludes halogenated alkanes) is 11. The first-order valence-electron chi connectivity index (χ1n) is 12.2. The van der Waals surface area contributed by atoms with E-state index in [1.54, 1.807) is 0 Å². The highest BCUT2D eigenvalue weighted by Crippen LogP contribution is 2.11. The third kappa shape index (κ3) is 22.8. The van der Waals surface area contributed by atoms with E-state index in [2.05, 4.69) is 19.9 Å². The SMILES string of the molecule is CC/C=C\CCOC(=O)CCCCC(=O)OCCCCCCCCCCCCC. The first kappa shape index (κ1) is 27.7. The lowest BCUT2D eigenvalue weighted by molar-refractivity contribution is -0.145. The van der Waals surface area contributed by atoms with Crippen molar-refractivity contribution in [3.8, 4) is 0 Å². The minimum atomic E-state index is -0.177. The molecule has 0 saturated carbocycles. The van der Waals surface area contributed by atoms with Gasteiger partial charge in [0.05, 0.1) is 13.2 Å². The molecular weight excluding hydrogens is 364 g/mol. The van der Waals surface area contributed by atoms with Gasteiger partial charge in [0.25, 0.3) is 0 Å². The molecule has 0 amide bonds. The predicted octanol–water partition coefficient (Wildman–Crippen LogP) is 7.30. The summed E-state index contributed by atoms with van der Waals surface area (Å²) in [6.45, 7) is 5.30. The number of allylic oxidation sites excluding steroid dienone is 1. The molecule has 0 N–H and O–H groups in total. The van der Waals surface area contributed by atoms with E-state index in [1.807, 2.05) is 6.08 Å². The Kier molecular flexibility index (Phi) is 21.9. The molecule has 0 aliphatic heterocycles. The van der Waals surface area contributed by atoms with Crippen molar-refractivity contribution in [2.45, 2.75) is 123 Å². The number of hydrogen-bond acceptors (Lipinski definition) is 4. The van der Waals surface area contributed by atoms with Crippen LogP contribution in [0.1, 0.15) is 123 Å². The summed E-state index contributed by atoms with van der Waals surface area (Å²) in [6.07, 6.45) is 22.2. The molecule has 0 unspecified atom stereocenters. The van der Waals surface area contributed by atoms with Gasteiger partial charge in [-0.3, -0.25) is 9.59 Å². The fourth-order valence-corrected chi connectivity index (χ4v) is 3.16. The quantitative estimate of drug-likeness (QED) is 0.113. The Morgan fingerprint density at radius 2 is 1.07 bits per heavy atom. The third-order valence-corrected chi connectivity index (χ3v) is 4.97. The summed E-state index contributed by atoms with van der Waals surface area (Å²) in [7, 11) is 0. The minimum Gasteiger partial charge on any atom is -0.466 e. The number of carbonyl (C=O) groups excluding carboxylic acids is 2. The van der Waals surface area contributed by atoms with Gasteiger partial charge < -0.3 is 9.47 Å². The van der Waals surface area contributed by atoms with E-state index in [-0.39, 0.29) is 11.9 Å². The second-order valence-electron chi connectivity index (χ2n) is 7.85. The predicted molar refractivity (Wildman–Crippen MR) is 121 cm³/mol. The summed E-state index contributed by atoms with van der Waals surface area (Å²) in [5.41, 5.74) is 0. The van der Waals surface area contributed by atoms with Gasteiger partial charge in [-0.25, -0.2) is 0 Å². The zero-order valence-corrected chi connectivity index (χ0v) is 19.2. The lowest BCUT2D eigenvalue weighted by Crippen LogP contribution is -2.07. The summed E-state index contributed by atoms with van der Waals surface area (Å²) in [5.74, 6) is -0.320. The summed E-state index contributed by atoms with van der Waals surface area (Å²) >= 11 is 0. The van der Waals surface area contributed by atoms with Crippen molar-refractivity contribution in [2.75, 3.05) is 13.2 Å². The fourth-order valence-electron chi connectivity index (χ4n) is 3.16. The molecule has 0 aromatic heterocycles. The van der Waals surface area contributed by atoms with E-state index >= 15 is 0 Å². The molecule has 4 nitrogen and oxygen atoms in total. The van der Waals surface area contributed by atoms with Crippen molar-refractivity contribution in [1.82, 2.24) is 0 Å². The molecule has 0 aliphatic rings. The lowest BCUT2D eigenvalue weighted by atomic mass is 10.1. The topological polar surface area (TPSA) is 52.6 Å². The summed E-state index contributed by atoms with van der Waals surface area (Å²) in [4.78, 5) is 23.3. The highest BCUT2D eigenvalue weighted by molar-refractivity contribution is 5.70. The molecule has 29 heavy (non-hydrogen) atoms. The van der Waals surface area contributed by atoms with E-state index in [9.17, 15) is 9.59 Å². The van der Waals surface area contributed by atoms with Gasteiger partial charge in [0, 0.05) is 12.8 Å². The van der Waals surface area contributed by atoms with Crippen LogP contribution in [0, 0.1) is 0 Å². The molecule has 0 saturated heterocycles. The van der Waals surface area contributed by atoms with Crippen molar-refractivity contribution in [1.29, 1.82) is 0 Å². The maximum Gasteiger partial charge on any atom is 0.305 e. The smallest absolute Gasteiger partial charge is 0.305 e. The Morgan fingerprint density at radius 3 is 1.59 bits per heavy atom. The van der Waals surface area contributed by atoms with Crippen LogP contribution in [-0.2, 0) is 19.1 Å². The Labute approximate surface area is 179 Å². The normalized spacial score (nSPS) is 11.1. The largest absolute Gasteiger partial charge is 0.466 e. The molecule has 0 bridgehead atoms. The van der Waals surface area contributed by atoms with E-state index in [1.165, 1.54) is 57.8 Å². The average molecular weight is 411 g/mol. The van der Waals surface area contributed by atoms with Crippen LogP contribution in [0.25, 0.3) is 0 Å². The van der Waals surface area contributed by atoms with Gasteiger partial charge in [0.1, 0.15) is 0 Å². The summed E-state index contributed by atoms with van der Waals surface area (Å²) in [5, 5.41) is 0. The molecule has 4 heteroatoms. The van der Waals surface area contributed by atoms with E-state index in [4.69, 9.17) is 9.47 Å². The van der Waals surface area contributed by atoms with Gasteiger partial charge in [0.2, 0.25) is 0 Å². The number of ether oxygens (including phenoxy) is 2. The van der Waals surface area contributed by atoms with Gasteiger partial charge in [-0.15, -0.1) is 0 Å². The molecule has 0 rings (SSSR count). The molecule has 0 aromatic rings. The van der Waals surface area contributed by atoms with Crippen LogP contribution in [-0.4, -0.2) is 25.2 Å². The summed E-state index contributed by atoms with van der Waals surface area (Å²) in [6, 6.07) is 0. The van der Waals surface area contributed by atoms with Crippen LogP contribution in [0.4, 0.5) is 0 Å². The highest BCUT2D eigenvalue weighted by Gasteiger charge is 2.06. The number of carbonyl (C=O) groups is 2. The van der Waals surface area contributed by atoms with Gasteiger partial charge in [-0.05, 0) is 32.1 Å². The molecule has 0 spiro atoms. The molecule has 0 heterocycles. The van der Waals surface area contributed by atoms with Crippen molar-refractivity contribution in [2.24, 2.45) is 0 Å². The fraction of sp³-hybridized carbons (Fsp3) is 0.840. The number of hydrogen-bond donors (Lipinski definition) is 0.